The third kappa shape index (κ3) is 7.19. The van der Waals surface area contributed by atoms with Gasteiger partial charge in [0.2, 0.25) is 0 Å². The molecule has 0 atom stereocenters. The van der Waals surface area contributed by atoms with Gasteiger partial charge in [0, 0.05) is 51.1 Å². The van der Waals surface area contributed by atoms with Gasteiger partial charge in [0.25, 0.3) is 5.69 Å². The molecule has 58 heavy (non-hydrogen) atoms. The number of alkyl halides is 20. The van der Waals surface area contributed by atoms with Crippen LogP contribution in [0.5, 0.6) is 0 Å². The molecule has 5 aromatic rings. The minimum Gasteiger partial charge on any atom is -0.310 e. The Bertz CT molecular complexity index is 2260. The quantitative estimate of drug-likeness (QED) is 0.0883. The van der Waals surface area contributed by atoms with Crippen molar-refractivity contribution in [2.75, 3.05) is 4.90 Å². The van der Waals surface area contributed by atoms with E-state index in [9.17, 15) is 97.9 Å². The number of hydrogen-bond acceptors (Lipinski definition) is 5. The van der Waals surface area contributed by atoms with E-state index in [0.717, 1.165) is 12.1 Å². The van der Waals surface area contributed by atoms with Gasteiger partial charge in [-0.25, -0.2) is 9.97 Å². The van der Waals surface area contributed by atoms with E-state index < -0.39 is 133 Å². The Labute approximate surface area is 306 Å². The molecule has 0 spiro atoms. The summed E-state index contributed by atoms with van der Waals surface area (Å²) >= 11 is 0. The number of rotatable bonds is 8. The lowest BCUT2D eigenvalue weighted by molar-refractivity contribution is -0.384. The van der Waals surface area contributed by atoms with Gasteiger partial charge >= 0.3 is 48.4 Å². The topological polar surface area (TPSA) is 72.2 Å². The number of aromatic nitrogens is 2. The van der Waals surface area contributed by atoms with E-state index in [1.807, 2.05) is 0 Å². The van der Waals surface area contributed by atoms with Crippen molar-refractivity contribution in [2.45, 2.75) is 48.4 Å². The number of nitro groups is 1. The fourth-order valence-corrected chi connectivity index (χ4v) is 5.32. The maximum Gasteiger partial charge on any atom is 0.459 e. The van der Waals surface area contributed by atoms with Crippen LogP contribution in [0.4, 0.5) is 111 Å². The molecule has 3 aromatic carbocycles. The van der Waals surface area contributed by atoms with Gasteiger partial charge in [-0.2, -0.15) is 87.8 Å². The number of nitrogens with zero attached hydrogens (tertiary/aromatic N) is 4. The van der Waals surface area contributed by atoms with E-state index in [0.29, 0.717) is 29.2 Å². The van der Waals surface area contributed by atoms with Crippen LogP contribution in [0.2, 0.25) is 0 Å². The molecule has 2 heterocycles. The highest BCUT2D eigenvalue weighted by molar-refractivity contribution is 5.93. The van der Waals surface area contributed by atoms with Gasteiger partial charge in [0.05, 0.1) is 16.0 Å². The van der Waals surface area contributed by atoms with Crippen LogP contribution in [0.1, 0.15) is 22.5 Å². The molecule has 0 radical (unpaired) electrons. The highest BCUT2D eigenvalue weighted by Gasteiger charge is 2.64. The molecule has 0 bridgehead atoms. The van der Waals surface area contributed by atoms with Crippen LogP contribution in [-0.2, 0) is 23.7 Å². The Morgan fingerprint density at radius 1 is 0.431 bits per heavy atom. The highest BCUT2D eigenvalue weighted by atomic mass is 19.4. The second-order valence-electron chi connectivity index (χ2n) is 11.9. The van der Waals surface area contributed by atoms with Crippen molar-refractivity contribution in [2.24, 2.45) is 0 Å². The van der Waals surface area contributed by atoms with Crippen molar-refractivity contribution in [1.29, 1.82) is 0 Å². The van der Waals surface area contributed by atoms with Gasteiger partial charge in [-0.15, -0.1) is 0 Å². The molecule has 0 aliphatic carbocycles. The van der Waals surface area contributed by atoms with E-state index in [-0.39, 0.29) is 24.3 Å². The second-order valence-corrected chi connectivity index (χ2v) is 11.9. The predicted molar refractivity (Wildman–Crippen MR) is 158 cm³/mol. The van der Waals surface area contributed by atoms with Crippen molar-refractivity contribution in [3.05, 3.63) is 105 Å². The van der Waals surface area contributed by atoms with Gasteiger partial charge in [0.15, 0.2) is 0 Å². The number of benzene rings is 3. The zero-order chi connectivity index (χ0) is 44.0. The first-order valence-corrected chi connectivity index (χ1v) is 14.9. The summed E-state index contributed by atoms with van der Waals surface area (Å²) in [5.74, 6) is -24.7. The Kier molecular flexibility index (Phi) is 10.0. The zero-order valence-corrected chi connectivity index (χ0v) is 27.1. The Morgan fingerprint density at radius 2 is 0.741 bits per heavy atom. The monoisotopic (exact) mass is 864 g/mol. The third-order valence-electron chi connectivity index (χ3n) is 8.17. The molecule has 0 saturated heterocycles. The highest BCUT2D eigenvalue weighted by Crippen LogP contribution is 2.52. The zero-order valence-electron chi connectivity index (χ0n) is 27.1. The van der Waals surface area contributed by atoms with Crippen LogP contribution < -0.4 is 4.90 Å². The first-order valence-electron chi connectivity index (χ1n) is 14.9. The first-order chi connectivity index (χ1) is 26.1. The predicted octanol–water partition coefficient (Wildman–Crippen LogP) is 12.8. The number of hydrogen-bond donors (Lipinski definition) is 0. The average Bonchev–Trinajstić information content (AvgIpc) is 3.08. The van der Waals surface area contributed by atoms with Gasteiger partial charge in [-0.05, 0) is 48.5 Å². The number of pyridine rings is 2. The van der Waals surface area contributed by atoms with Crippen molar-refractivity contribution in [3.63, 3.8) is 0 Å². The standard InChI is InChI=1S/C32H12F20N4O2/c33-25(34,29(41,42)43)19-11-23(27(37,38)31(47,48)49)53-21-9-15(5-7-17(19)21)55(13-1-3-14(4-2-13)56(57)58)16-6-8-18-20(26(35,36)30(44,45)46)12-24(54-22(18)10-16)28(39,40)32(50,51)52/h1-12H. The third-order valence-corrected chi connectivity index (χ3v) is 8.17. The Hall–Kier alpha value is -5.72. The fraction of sp³-hybridized carbons (Fsp3) is 0.250. The van der Waals surface area contributed by atoms with E-state index in [4.69, 9.17) is 0 Å². The van der Waals surface area contributed by atoms with Crippen LogP contribution in [0.25, 0.3) is 21.8 Å². The average molecular weight is 864 g/mol. The van der Waals surface area contributed by atoms with Gasteiger partial charge in [0.1, 0.15) is 11.4 Å². The largest absolute Gasteiger partial charge is 0.459 e. The molecular formula is C32H12F20N4O2. The summed E-state index contributed by atoms with van der Waals surface area (Å²) in [5, 5.41) is 8.42. The van der Waals surface area contributed by atoms with E-state index in [1.165, 1.54) is 0 Å². The van der Waals surface area contributed by atoms with Crippen LogP contribution in [0.3, 0.4) is 0 Å². The summed E-state index contributed by atoms with van der Waals surface area (Å²) in [6.07, 6.45) is -26.6. The molecule has 0 aliphatic rings. The van der Waals surface area contributed by atoms with Crippen molar-refractivity contribution >= 4 is 44.6 Å². The normalized spacial score (nSPS) is 14.0. The number of nitro benzene ring substituents is 1. The Balaban J connectivity index is 1.89. The van der Waals surface area contributed by atoms with Crippen LogP contribution >= 0.6 is 0 Å². The maximum atomic E-state index is 14.7. The fourth-order valence-electron chi connectivity index (χ4n) is 5.32. The van der Waals surface area contributed by atoms with Crippen LogP contribution in [-0.4, -0.2) is 39.6 Å². The van der Waals surface area contributed by atoms with Crippen LogP contribution in [0.15, 0.2) is 72.8 Å². The van der Waals surface area contributed by atoms with E-state index in [1.54, 1.807) is 0 Å². The molecule has 5 rings (SSSR count). The molecule has 0 N–H and O–H groups in total. The first kappa shape index (κ1) is 43.4. The molecular weight excluding hydrogens is 852 g/mol. The van der Waals surface area contributed by atoms with Crippen molar-refractivity contribution in [1.82, 2.24) is 9.97 Å². The summed E-state index contributed by atoms with van der Waals surface area (Å²) in [6, 6.07) is 3.29. The molecule has 6 nitrogen and oxygen atoms in total. The number of halogens is 20. The molecule has 0 saturated carbocycles. The van der Waals surface area contributed by atoms with Gasteiger partial charge < -0.3 is 4.90 Å². The van der Waals surface area contributed by atoms with Crippen LogP contribution in [0, 0.1) is 10.1 Å². The number of fused-ring (bicyclic) bond motifs is 2. The number of non-ortho nitro benzene ring substituents is 1. The van der Waals surface area contributed by atoms with Crippen molar-refractivity contribution in [3.8, 4) is 0 Å². The second kappa shape index (κ2) is 13.4. The smallest absolute Gasteiger partial charge is 0.310 e. The molecule has 0 unspecified atom stereocenters. The SMILES string of the molecule is O=[N+]([O-])c1ccc(N(c2ccc3c(C(F)(F)C(F)(F)F)cc(C(F)(F)C(F)(F)F)nc3c2)c2ccc3c(C(F)(F)C(F)(F)F)cc(C(F)(F)C(F)(F)F)nc3c2)cc1. The van der Waals surface area contributed by atoms with E-state index >= 15 is 0 Å². The Morgan fingerprint density at radius 3 is 1.03 bits per heavy atom. The lowest BCUT2D eigenvalue weighted by Crippen LogP contribution is -2.37. The summed E-state index contributed by atoms with van der Waals surface area (Å²) in [5.41, 5.74) is -16.1. The molecule has 312 valence electrons. The number of anilines is 3. The molecule has 0 amide bonds. The van der Waals surface area contributed by atoms with E-state index in [2.05, 4.69) is 9.97 Å². The summed E-state index contributed by atoms with van der Waals surface area (Å²) in [4.78, 5) is 16.7. The maximum absolute atomic E-state index is 14.7. The summed E-state index contributed by atoms with van der Waals surface area (Å²) in [6.45, 7) is 0. The summed E-state index contributed by atoms with van der Waals surface area (Å²) in [7, 11) is 0. The van der Waals surface area contributed by atoms with Crippen molar-refractivity contribution < 1.29 is 92.7 Å². The molecule has 2 aromatic heterocycles. The van der Waals surface area contributed by atoms with Gasteiger partial charge in [-0.3, -0.25) is 10.1 Å². The minimum atomic E-state index is -6.65. The summed E-state index contributed by atoms with van der Waals surface area (Å²) < 4.78 is 277. The minimum absolute atomic E-state index is 0.262. The van der Waals surface area contributed by atoms with Gasteiger partial charge in [-0.1, -0.05) is 12.1 Å². The molecule has 0 fully saturated rings. The molecule has 26 heteroatoms. The lowest BCUT2D eigenvalue weighted by Gasteiger charge is -2.28. The lowest BCUT2D eigenvalue weighted by atomic mass is 9.98. The molecule has 0 aliphatic heterocycles.